The van der Waals surface area contributed by atoms with Crippen molar-refractivity contribution in [3.05, 3.63) is 30.0 Å². The summed E-state index contributed by atoms with van der Waals surface area (Å²) in [4.78, 5) is 8.69. The summed E-state index contributed by atoms with van der Waals surface area (Å²) in [6.07, 6.45) is 8.72. The number of rotatable bonds is 4. The summed E-state index contributed by atoms with van der Waals surface area (Å²) < 4.78 is 0. The van der Waals surface area contributed by atoms with Crippen LogP contribution in [0.1, 0.15) is 25.0 Å². The zero-order valence-electron chi connectivity index (χ0n) is 14.1. The van der Waals surface area contributed by atoms with E-state index >= 15 is 0 Å². The van der Waals surface area contributed by atoms with E-state index in [2.05, 4.69) is 50.3 Å². The first-order valence-electron chi connectivity index (χ1n) is 8.37. The highest BCUT2D eigenvalue weighted by Gasteiger charge is 2.17. The van der Waals surface area contributed by atoms with E-state index in [1.54, 1.807) is 0 Å². The third-order valence-electron chi connectivity index (χ3n) is 4.42. The van der Waals surface area contributed by atoms with Crippen LogP contribution in [-0.2, 0) is 0 Å². The Morgan fingerprint density at radius 1 is 1.38 bits per heavy atom. The van der Waals surface area contributed by atoms with E-state index in [-0.39, 0.29) is 0 Å². The summed E-state index contributed by atoms with van der Waals surface area (Å²) in [6, 6.07) is 1.91. The summed E-state index contributed by atoms with van der Waals surface area (Å²) in [5.74, 6) is 1.53. The Balaban J connectivity index is 1.59. The maximum atomic E-state index is 8.21. The Bertz CT molecular complexity index is 675. The van der Waals surface area contributed by atoms with Gasteiger partial charge in [0.05, 0.1) is 12.1 Å². The molecule has 3 rings (SSSR count). The lowest BCUT2D eigenvalue weighted by Crippen LogP contribution is -2.47. The lowest BCUT2D eigenvalue weighted by molar-refractivity contribution is 0.213. The van der Waals surface area contributed by atoms with Crippen molar-refractivity contribution in [1.29, 1.82) is 5.41 Å². The molecule has 0 bridgehead atoms. The molecule has 0 unspecified atom stereocenters. The number of hydrogen-bond acceptors (Lipinski definition) is 4. The normalized spacial score (nSPS) is 19.5. The van der Waals surface area contributed by atoms with Crippen LogP contribution in [-0.4, -0.2) is 64.9 Å². The molecular formula is C17H25N7. The van der Waals surface area contributed by atoms with Gasteiger partial charge in [-0.3, -0.25) is 10.5 Å². The van der Waals surface area contributed by atoms with Gasteiger partial charge in [-0.15, -0.1) is 0 Å². The van der Waals surface area contributed by atoms with Crippen LogP contribution in [0.2, 0.25) is 0 Å². The number of hydrogen-bond donors (Lipinski definition) is 3. The quantitative estimate of drug-likeness (QED) is 0.579. The van der Waals surface area contributed by atoms with Gasteiger partial charge in [0.2, 0.25) is 0 Å². The Morgan fingerprint density at radius 3 is 2.88 bits per heavy atom. The van der Waals surface area contributed by atoms with Crippen molar-refractivity contribution in [2.45, 2.75) is 19.3 Å². The number of nitrogens with two attached hydrogens (primary N) is 1. The molecule has 0 spiro atoms. The SMILES string of the molecule is CN1CCN(C(=N)CC(N)=Nc2cc(C3=CC=CCC3)[nH]n2)CC1. The monoisotopic (exact) mass is 327 g/mol. The molecule has 1 aromatic heterocycles. The average Bonchev–Trinajstić information content (AvgIpc) is 3.04. The van der Waals surface area contributed by atoms with Crippen molar-refractivity contribution < 1.29 is 0 Å². The first-order chi connectivity index (χ1) is 11.6. The van der Waals surface area contributed by atoms with Crippen molar-refractivity contribution in [2.24, 2.45) is 10.7 Å². The fourth-order valence-electron chi connectivity index (χ4n) is 2.91. The van der Waals surface area contributed by atoms with Crippen LogP contribution in [0.3, 0.4) is 0 Å². The van der Waals surface area contributed by atoms with Crippen LogP contribution in [0.4, 0.5) is 5.82 Å². The molecule has 1 fully saturated rings. The molecule has 1 aliphatic carbocycles. The van der Waals surface area contributed by atoms with Gasteiger partial charge in [0.1, 0.15) is 11.7 Å². The van der Waals surface area contributed by atoms with E-state index in [4.69, 9.17) is 11.1 Å². The third-order valence-corrected chi connectivity index (χ3v) is 4.42. The van der Waals surface area contributed by atoms with Gasteiger partial charge in [0.25, 0.3) is 0 Å². The van der Waals surface area contributed by atoms with Gasteiger partial charge < -0.3 is 15.5 Å². The van der Waals surface area contributed by atoms with Gasteiger partial charge in [-0.1, -0.05) is 18.2 Å². The fourth-order valence-corrected chi connectivity index (χ4v) is 2.91. The average molecular weight is 327 g/mol. The highest BCUT2D eigenvalue weighted by Crippen LogP contribution is 2.24. The molecule has 24 heavy (non-hydrogen) atoms. The van der Waals surface area contributed by atoms with Gasteiger partial charge >= 0.3 is 0 Å². The Labute approximate surface area is 142 Å². The molecule has 0 atom stereocenters. The molecule has 2 heterocycles. The number of allylic oxidation sites excluding steroid dienone is 4. The number of likely N-dealkylation sites (N-methyl/N-ethyl adjacent to an activating group) is 1. The predicted octanol–water partition coefficient (Wildman–Crippen LogP) is 1.75. The molecule has 0 saturated carbocycles. The molecule has 4 N–H and O–H groups in total. The fraction of sp³-hybridized carbons (Fsp3) is 0.471. The van der Waals surface area contributed by atoms with Crippen molar-refractivity contribution in [1.82, 2.24) is 20.0 Å². The highest BCUT2D eigenvalue weighted by molar-refractivity contribution is 6.01. The van der Waals surface area contributed by atoms with Gasteiger partial charge in [0.15, 0.2) is 5.82 Å². The van der Waals surface area contributed by atoms with Crippen molar-refractivity contribution in [2.75, 3.05) is 33.2 Å². The zero-order chi connectivity index (χ0) is 16.9. The van der Waals surface area contributed by atoms with Crippen LogP contribution in [0.15, 0.2) is 29.3 Å². The zero-order valence-corrected chi connectivity index (χ0v) is 14.1. The molecule has 0 aromatic carbocycles. The van der Waals surface area contributed by atoms with Crippen LogP contribution >= 0.6 is 0 Å². The largest absolute Gasteiger partial charge is 0.387 e. The summed E-state index contributed by atoms with van der Waals surface area (Å²) in [5.41, 5.74) is 8.24. The second-order valence-corrected chi connectivity index (χ2v) is 6.32. The molecule has 0 amide bonds. The van der Waals surface area contributed by atoms with Crippen LogP contribution in [0, 0.1) is 5.41 Å². The number of nitrogens with one attached hydrogen (secondary N) is 2. The molecule has 7 nitrogen and oxygen atoms in total. The number of aromatic nitrogens is 2. The number of piperazine rings is 1. The minimum atomic E-state index is 0.358. The standard InChI is InChI=1S/C17H25N7/c1-23-7-9-24(10-8-23)16(19)12-15(18)20-17-11-14(21-22-17)13-5-3-2-4-6-13/h2-3,5,11,19H,4,6-10,12H2,1H3,(H3,18,20,21,22). The van der Waals surface area contributed by atoms with E-state index in [1.807, 2.05) is 6.07 Å². The lowest BCUT2D eigenvalue weighted by atomic mass is 10.0. The number of nitrogens with zero attached hydrogens (tertiary/aromatic N) is 4. The van der Waals surface area contributed by atoms with E-state index < -0.39 is 0 Å². The van der Waals surface area contributed by atoms with E-state index in [0.29, 0.717) is 23.9 Å². The second kappa shape index (κ2) is 7.44. The maximum Gasteiger partial charge on any atom is 0.175 e. The van der Waals surface area contributed by atoms with Crippen LogP contribution < -0.4 is 5.73 Å². The first-order valence-corrected chi connectivity index (χ1v) is 8.37. The van der Waals surface area contributed by atoms with Gasteiger partial charge in [0, 0.05) is 32.2 Å². The van der Waals surface area contributed by atoms with E-state index in [9.17, 15) is 0 Å². The summed E-state index contributed by atoms with van der Waals surface area (Å²) in [7, 11) is 2.10. The van der Waals surface area contributed by atoms with Crippen molar-refractivity contribution in [3.63, 3.8) is 0 Å². The molecule has 1 saturated heterocycles. The van der Waals surface area contributed by atoms with E-state index in [0.717, 1.165) is 44.7 Å². The summed E-state index contributed by atoms with van der Waals surface area (Å²) in [5, 5.41) is 15.4. The first kappa shape index (κ1) is 16.4. The highest BCUT2D eigenvalue weighted by atomic mass is 15.3. The molecular weight excluding hydrogens is 302 g/mol. The van der Waals surface area contributed by atoms with Crippen molar-refractivity contribution in [3.8, 4) is 0 Å². The molecule has 128 valence electrons. The van der Waals surface area contributed by atoms with Gasteiger partial charge in [-0.2, -0.15) is 5.10 Å². The minimum absolute atomic E-state index is 0.358. The lowest BCUT2D eigenvalue weighted by Gasteiger charge is -2.34. The molecule has 1 aliphatic heterocycles. The van der Waals surface area contributed by atoms with Gasteiger partial charge in [-0.25, -0.2) is 4.99 Å². The number of amidine groups is 2. The Kier molecular flexibility index (Phi) is 5.10. The van der Waals surface area contributed by atoms with Crippen LogP contribution in [0.25, 0.3) is 5.57 Å². The molecule has 0 radical (unpaired) electrons. The Morgan fingerprint density at radius 2 is 2.17 bits per heavy atom. The molecule has 7 heteroatoms. The second-order valence-electron chi connectivity index (χ2n) is 6.32. The molecule has 2 aliphatic rings. The van der Waals surface area contributed by atoms with E-state index in [1.165, 1.54) is 5.57 Å². The smallest absolute Gasteiger partial charge is 0.175 e. The Hall–Kier alpha value is -2.41. The topological polar surface area (TPSA) is 97.4 Å². The number of H-pyrrole nitrogens is 1. The predicted molar refractivity (Wildman–Crippen MR) is 97.6 cm³/mol. The number of aromatic amines is 1. The molecule has 1 aromatic rings. The minimum Gasteiger partial charge on any atom is -0.387 e. The summed E-state index contributed by atoms with van der Waals surface area (Å²) >= 11 is 0. The summed E-state index contributed by atoms with van der Waals surface area (Å²) in [6.45, 7) is 3.70. The number of aliphatic imine (C=N–C) groups is 1. The van der Waals surface area contributed by atoms with Crippen LogP contribution in [0.5, 0.6) is 0 Å². The maximum absolute atomic E-state index is 8.21. The third kappa shape index (κ3) is 4.11. The van der Waals surface area contributed by atoms with Crippen molar-refractivity contribution >= 4 is 23.1 Å². The van der Waals surface area contributed by atoms with Gasteiger partial charge in [-0.05, 0) is 25.5 Å².